The summed E-state index contributed by atoms with van der Waals surface area (Å²) in [7, 11) is 1.59. The third kappa shape index (κ3) is 4.92. The Morgan fingerprint density at radius 1 is 1.60 bits per heavy atom. The predicted octanol–water partition coefficient (Wildman–Crippen LogP) is -0.349. The smallest absolute Gasteiger partial charge is 0.239 e. The standard InChI is InChI=1S/C9H14N4O2/c1-15-5-4-11-9(14)6-12-8-2-3-10-7-13-8/h2-3,7H,4-6H2,1H3,(H,11,14)(H,10,12,13). The first kappa shape index (κ1) is 11.4. The Morgan fingerprint density at radius 3 is 3.13 bits per heavy atom. The molecule has 0 aliphatic heterocycles. The molecule has 0 radical (unpaired) electrons. The van der Waals surface area contributed by atoms with E-state index in [1.165, 1.54) is 6.33 Å². The van der Waals surface area contributed by atoms with Crippen molar-refractivity contribution < 1.29 is 9.53 Å². The van der Waals surface area contributed by atoms with Crippen molar-refractivity contribution in [3.63, 3.8) is 0 Å². The zero-order valence-electron chi connectivity index (χ0n) is 8.56. The van der Waals surface area contributed by atoms with Crippen molar-refractivity contribution in [2.75, 3.05) is 32.1 Å². The minimum absolute atomic E-state index is 0.0920. The van der Waals surface area contributed by atoms with Crippen molar-refractivity contribution in [3.8, 4) is 0 Å². The number of aromatic nitrogens is 2. The molecule has 15 heavy (non-hydrogen) atoms. The molecular weight excluding hydrogens is 196 g/mol. The van der Waals surface area contributed by atoms with Crippen molar-refractivity contribution in [1.29, 1.82) is 0 Å². The number of rotatable bonds is 6. The number of nitrogens with zero attached hydrogens (tertiary/aromatic N) is 2. The average Bonchev–Trinajstić information content (AvgIpc) is 2.28. The Bertz CT molecular complexity index is 291. The number of amides is 1. The molecule has 0 spiro atoms. The highest BCUT2D eigenvalue weighted by Crippen LogP contribution is 1.95. The third-order valence-electron chi connectivity index (χ3n) is 1.64. The van der Waals surface area contributed by atoms with Gasteiger partial charge in [-0.2, -0.15) is 0 Å². The summed E-state index contributed by atoms with van der Waals surface area (Å²) in [4.78, 5) is 18.9. The highest BCUT2D eigenvalue weighted by molar-refractivity contribution is 5.80. The second-order valence-electron chi connectivity index (χ2n) is 2.79. The number of nitrogens with one attached hydrogen (secondary N) is 2. The molecule has 0 saturated heterocycles. The van der Waals surface area contributed by atoms with Crippen LogP contribution in [0.5, 0.6) is 0 Å². The zero-order valence-corrected chi connectivity index (χ0v) is 8.56. The maximum Gasteiger partial charge on any atom is 0.239 e. The molecule has 1 amide bonds. The summed E-state index contributed by atoms with van der Waals surface area (Å²) in [5, 5.41) is 5.55. The maximum absolute atomic E-state index is 11.2. The van der Waals surface area contributed by atoms with E-state index in [1.54, 1.807) is 19.4 Å². The van der Waals surface area contributed by atoms with Crippen LogP contribution in [-0.2, 0) is 9.53 Å². The molecule has 2 N–H and O–H groups in total. The van der Waals surface area contributed by atoms with Crippen LogP contribution in [0.2, 0.25) is 0 Å². The average molecular weight is 210 g/mol. The van der Waals surface area contributed by atoms with Gasteiger partial charge in [-0.1, -0.05) is 0 Å². The van der Waals surface area contributed by atoms with Gasteiger partial charge >= 0.3 is 0 Å². The first-order valence-electron chi connectivity index (χ1n) is 4.58. The number of anilines is 1. The first-order chi connectivity index (χ1) is 7.33. The van der Waals surface area contributed by atoms with Gasteiger partial charge in [0.1, 0.15) is 12.1 Å². The highest BCUT2D eigenvalue weighted by Gasteiger charge is 1.99. The van der Waals surface area contributed by atoms with E-state index in [4.69, 9.17) is 4.74 Å². The number of hydrogen-bond acceptors (Lipinski definition) is 5. The van der Waals surface area contributed by atoms with Crippen molar-refractivity contribution in [1.82, 2.24) is 15.3 Å². The van der Waals surface area contributed by atoms with Crippen molar-refractivity contribution in [2.45, 2.75) is 0 Å². The second-order valence-corrected chi connectivity index (χ2v) is 2.79. The number of carbonyl (C=O) groups is 1. The van der Waals surface area contributed by atoms with Crippen LogP contribution >= 0.6 is 0 Å². The summed E-state index contributed by atoms with van der Waals surface area (Å²) in [6.45, 7) is 1.22. The SMILES string of the molecule is COCCNC(=O)CNc1ccncn1. The molecule has 1 rings (SSSR count). The van der Waals surface area contributed by atoms with E-state index in [1.807, 2.05) is 0 Å². The minimum Gasteiger partial charge on any atom is -0.383 e. The molecule has 0 bridgehead atoms. The molecule has 0 fully saturated rings. The van der Waals surface area contributed by atoms with Crippen molar-refractivity contribution in [3.05, 3.63) is 18.6 Å². The van der Waals surface area contributed by atoms with E-state index in [9.17, 15) is 4.79 Å². The fourth-order valence-electron chi connectivity index (χ4n) is 0.921. The van der Waals surface area contributed by atoms with Crippen LogP contribution in [0.4, 0.5) is 5.82 Å². The Morgan fingerprint density at radius 2 is 2.47 bits per heavy atom. The largest absolute Gasteiger partial charge is 0.383 e. The first-order valence-corrected chi connectivity index (χ1v) is 4.58. The number of carbonyl (C=O) groups excluding carboxylic acids is 1. The van der Waals surface area contributed by atoms with Gasteiger partial charge in [0.25, 0.3) is 0 Å². The molecule has 6 nitrogen and oxygen atoms in total. The fourth-order valence-corrected chi connectivity index (χ4v) is 0.921. The lowest BCUT2D eigenvalue weighted by Crippen LogP contribution is -2.32. The Balaban J connectivity index is 2.17. The Labute approximate surface area is 88.1 Å². The van der Waals surface area contributed by atoms with E-state index in [0.29, 0.717) is 19.0 Å². The zero-order chi connectivity index (χ0) is 10.9. The molecule has 1 heterocycles. The van der Waals surface area contributed by atoms with Gasteiger partial charge in [0.05, 0.1) is 13.2 Å². The lowest BCUT2D eigenvalue weighted by atomic mass is 10.5. The monoisotopic (exact) mass is 210 g/mol. The lowest BCUT2D eigenvalue weighted by molar-refractivity contribution is -0.119. The molecule has 0 aromatic carbocycles. The summed E-state index contributed by atoms with van der Waals surface area (Å²) in [5.74, 6) is 0.539. The van der Waals surface area contributed by atoms with Gasteiger partial charge in [-0.15, -0.1) is 0 Å². The number of methoxy groups -OCH3 is 1. The Hall–Kier alpha value is -1.69. The molecule has 82 valence electrons. The second kappa shape index (κ2) is 6.72. The predicted molar refractivity (Wildman–Crippen MR) is 55.4 cm³/mol. The van der Waals surface area contributed by atoms with Gasteiger partial charge in [0, 0.05) is 19.9 Å². The van der Waals surface area contributed by atoms with Crippen LogP contribution in [-0.4, -0.2) is 42.7 Å². The van der Waals surface area contributed by atoms with Crippen molar-refractivity contribution in [2.24, 2.45) is 0 Å². The summed E-state index contributed by atoms with van der Waals surface area (Å²) in [6.07, 6.45) is 3.03. The summed E-state index contributed by atoms with van der Waals surface area (Å²) < 4.78 is 4.80. The molecule has 0 unspecified atom stereocenters. The van der Waals surface area contributed by atoms with E-state index < -0.39 is 0 Å². The van der Waals surface area contributed by atoms with E-state index in [0.717, 1.165) is 0 Å². The molecule has 0 aliphatic carbocycles. The quantitative estimate of drug-likeness (QED) is 0.628. The summed E-state index contributed by atoms with van der Waals surface area (Å²) in [5.41, 5.74) is 0. The third-order valence-corrected chi connectivity index (χ3v) is 1.64. The summed E-state index contributed by atoms with van der Waals surface area (Å²) >= 11 is 0. The van der Waals surface area contributed by atoms with E-state index >= 15 is 0 Å². The van der Waals surface area contributed by atoms with Crippen LogP contribution in [0, 0.1) is 0 Å². The molecule has 1 aromatic heterocycles. The van der Waals surface area contributed by atoms with Crippen LogP contribution in [0.3, 0.4) is 0 Å². The molecule has 6 heteroatoms. The molecule has 0 aliphatic rings. The molecule has 0 atom stereocenters. The fraction of sp³-hybridized carbons (Fsp3) is 0.444. The molecule has 1 aromatic rings. The van der Waals surface area contributed by atoms with E-state index in [-0.39, 0.29) is 12.5 Å². The Kier molecular flexibility index (Phi) is 5.10. The number of ether oxygens (including phenoxy) is 1. The molecular formula is C9H14N4O2. The summed E-state index contributed by atoms with van der Waals surface area (Å²) in [6, 6.07) is 1.70. The highest BCUT2D eigenvalue weighted by atomic mass is 16.5. The molecule has 0 saturated carbocycles. The van der Waals surface area contributed by atoms with E-state index in [2.05, 4.69) is 20.6 Å². The van der Waals surface area contributed by atoms with Crippen molar-refractivity contribution >= 4 is 11.7 Å². The normalized spacial score (nSPS) is 9.67. The van der Waals surface area contributed by atoms with Crippen LogP contribution in [0.15, 0.2) is 18.6 Å². The van der Waals surface area contributed by atoms with Gasteiger partial charge in [-0.3, -0.25) is 4.79 Å². The van der Waals surface area contributed by atoms with Gasteiger partial charge in [0.2, 0.25) is 5.91 Å². The maximum atomic E-state index is 11.2. The van der Waals surface area contributed by atoms with Gasteiger partial charge in [-0.25, -0.2) is 9.97 Å². The van der Waals surface area contributed by atoms with Crippen LogP contribution in [0.1, 0.15) is 0 Å². The van der Waals surface area contributed by atoms with Gasteiger partial charge in [0.15, 0.2) is 0 Å². The minimum atomic E-state index is -0.0920. The van der Waals surface area contributed by atoms with Crippen LogP contribution in [0.25, 0.3) is 0 Å². The van der Waals surface area contributed by atoms with Crippen LogP contribution < -0.4 is 10.6 Å². The number of hydrogen-bond donors (Lipinski definition) is 2. The van der Waals surface area contributed by atoms with Gasteiger partial charge < -0.3 is 15.4 Å². The topological polar surface area (TPSA) is 76.1 Å². The van der Waals surface area contributed by atoms with Gasteiger partial charge in [-0.05, 0) is 6.07 Å². The lowest BCUT2D eigenvalue weighted by Gasteiger charge is -2.05.